The fourth-order valence-electron chi connectivity index (χ4n) is 2.38. The summed E-state index contributed by atoms with van der Waals surface area (Å²) in [5.74, 6) is 0. The lowest BCUT2D eigenvalue weighted by atomic mass is 10.1. The lowest BCUT2D eigenvalue weighted by Gasteiger charge is -2.10. The van der Waals surface area contributed by atoms with Crippen LogP contribution in [0.3, 0.4) is 0 Å². The molecule has 0 atom stereocenters. The van der Waals surface area contributed by atoms with Crippen molar-refractivity contribution in [3.05, 3.63) is 84.9 Å². The standard InChI is InChI=1S/C19H16N/c1-2-8-16-10-4-6-13-18(16)20-19-14-7-11-15-9-3-5-12-17(15)19/h2-7,9-14H,1,8H2. The van der Waals surface area contributed by atoms with Crippen LogP contribution in [-0.2, 0) is 6.42 Å². The monoisotopic (exact) mass is 258 g/mol. The van der Waals surface area contributed by atoms with Crippen molar-refractivity contribution in [3.63, 3.8) is 0 Å². The number of fused-ring (bicyclic) bond motifs is 1. The minimum atomic E-state index is 0.838. The van der Waals surface area contributed by atoms with Crippen molar-refractivity contribution in [2.24, 2.45) is 0 Å². The van der Waals surface area contributed by atoms with Crippen LogP contribution in [0, 0.1) is 0 Å². The Morgan fingerprint density at radius 2 is 1.50 bits per heavy atom. The van der Waals surface area contributed by atoms with Crippen molar-refractivity contribution in [2.75, 3.05) is 0 Å². The van der Waals surface area contributed by atoms with Crippen LogP contribution in [0.15, 0.2) is 79.4 Å². The van der Waals surface area contributed by atoms with E-state index < -0.39 is 0 Å². The van der Waals surface area contributed by atoms with E-state index >= 15 is 0 Å². The molecule has 3 aromatic carbocycles. The molecule has 3 rings (SSSR count). The van der Waals surface area contributed by atoms with Gasteiger partial charge in [0.25, 0.3) is 0 Å². The maximum Gasteiger partial charge on any atom is 0.0715 e. The van der Waals surface area contributed by atoms with Gasteiger partial charge in [-0.3, -0.25) is 0 Å². The topological polar surface area (TPSA) is 14.1 Å². The number of allylic oxidation sites excluding steroid dienone is 1. The normalized spacial score (nSPS) is 10.4. The third kappa shape index (κ3) is 2.43. The smallest absolute Gasteiger partial charge is 0.0715 e. The molecule has 0 bridgehead atoms. The van der Waals surface area contributed by atoms with E-state index in [1.165, 1.54) is 16.3 Å². The third-order valence-corrected chi connectivity index (χ3v) is 3.36. The molecule has 0 fully saturated rings. The molecule has 0 N–H and O–H groups in total. The highest BCUT2D eigenvalue weighted by molar-refractivity contribution is 5.92. The van der Waals surface area contributed by atoms with Crippen LogP contribution in [0.4, 0.5) is 11.4 Å². The van der Waals surface area contributed by atoms with E-state index in [9.17, 15) is 0 Å². The second-order valence-electron chi connectivity index (χ2n) is 4.73. The van der Waals surface area contributed by atoms with Crippen molar-refractivity contribution in [1.29, 1.82) is 0 Å². The Labute approximate surface area is 119 Å². The van der Waals surface area contributed by atoms with Gasteiger partial charge >= 0.3 is 0 Å². The number of nitrogens with zero attached hydrogens (tertiary/aromatic N) is 1. The molecule has 20 heavy (non-hydrogen) atoms. The van der Waals surface area contributed by atoms with Gasteiger partial charge in [-0.1, -0.05) is 60.7 Å². The van der Waals surface area contributed by atoms with Gasteiger partial charge in [-0.2, -0.15) is 0 Å². The number of hydrogen-bond donors (Lipinski definition) is 0. The minimum absolute atomic E-state index is 0.838. The van der Waals surface area contributed by atoms with Crippen LogP contribution in [0.1, 0.15) is 5.56 Å². The second-order valence-corrected chi connectivity index (χ2v) is 4.73. The molecule has 0 heterocycles. The zero-order chi connectivity index (χ0) is 13.8. The highest BCUT2D eigenvalue weighted by Gasteiger charge is 2.05. The van der Waals surface area contributed by atoms with Crippen LogP contribution in [0.2, 0.25) is 0 Å². The van der Waals surface area contributed by atoms with Gasteiger partial charge in [-0.05, 0) is 29.5 Å². The summed E-state index contributed by atoms with van der Waals surface area (Å²) in [5, 5.41) is 7.24. The first-order chi connectivity index (χ1) is 9.88. The van der Waals surface area contributed by atoms with Crippen LogP contribution < -0.4 is 5.32 Å². The number of rotatable bonds is 4. The summed E-state index contributed by atoms with van der Waals surface area (Å²) in [6, 6.07) is 22.8. The molecule has 1 nitrogen and oxygen atoms in total. The first-order valence-electron chi connectivity index (χ1n) is 6.77. The summed E-state index contributed by atoms with van der Waals surface area (Å²) >= 11 is 0. The quantitative estimate of drug-likeness (QED) is 0.575. The number of para-hydroxylation sites is 1. The van der Waals surface area contributed by atoms with Crippen molar-refractivity contribution in [2.45, 2.75) is 6.42 Å². The highest BCUT2D eigenvalue weighted by atomic mass is 14.9. The molecule has 0 amide bonds. The first kappa shape index (κ1) is 12.5. The molecule has 0 aromatic heterocycles. The molecule has 0 spiro atoms. The molecule has 0 aliphatic heterocycles. The zero-order valence-electron chi connectivity index (χ0n) is 11.3. The predicted octanol–water partition coefficient (Wildman–Crippen LogP) is 5.14. The summed E-state index contributed by atoms with van der Waals surface area (Å²) in [5.41, 5.74) is 3.23. The Kier molecular flexibility index (Phi) is 3.51. The fraction of sp³-hybridized carbons (Fsp3) is 0.0526. The van der Waals surface area contributed by atoms with E-state index in [4.69, 9.17) is 5.32 Å². The van der Waals surface area contributed by atoms with E-state index in [1.54, 1.807) is 0 Å². The molecule has 3 aromatic rings. The van der Waals surface area contributed by atoms with E-state index in [-0.39, 0.29) is 0 Å². The second kappa shape index (κ2) is 5.62. The Balaban J connectivity index is 2.03. The summed E-state index contributed by atoms with van der Waals surface area (Å²) < 4.78 is 0. The number of benzene rings is 3. The maximum absolute atomic E-state index is 4.84. The van der Waals surface area contributed by atoms with Gasteiger partial charge in [0.05, 0.1) is 11.4 Å². The molecule has 0 aliphatic rings. The van der Waals surface area contributed by atoms with Crippen LogP contribution in [0.25, 0.3) is 10.8 Å². The van der Waals surface area contributed by atoms with E-state index in [1.807, 2.05) is 18.2 Å². The maximum atomic E-state index is 4.84. The lowest BCUT2D eigenvalue weighted by Crippen LogP contribution is -1.94. The summed E-state index contributed by atoms with van der Waals surface area (Å²) in [7, 11) is 0. The minimum Gasteiger partial charge on any atom is -0.248 e. The van der Waals surface area contributed by atoms with Crippen LogP contribution in [-0.4, -0.2) is 0 Å². The van der Waals surface area contributed by atoms with E-state index in [0.717, 1.165) is 17.8 Å². The molecular formula is C19H16N. The predicted molar refractivity (Wildman–Crippen MR) is 85.7 cm³/mol. The molecule has 0 aliphatic carbocycles. The molecule has 0 saturated carbocycles. The van der Waals surface area contributed by atoms with E-state index in [0.29, 0.717) is 0 Å². The zero-order valence-corrected chi connectivity index (χ0v) is 11.3. The fourth-order valence-corrected chi connectivity index (χ4v) is 2.38. The molecule has 1 radical (unpaired) electrons. The molecule has 97 valence electrons. The van der Waals surface area contributed by atoms with Gasteiger partial charge in [-0.15, -0.1) is 6.58 Å². The van der Waals surface area contributed by atoms with Gasteiger partial charge < -0.3 is 0 Å². The van der Waals surface area contributed by atoms with Crippen LogP contribution >= 0.6 is 0 Å². The Hall–Kier alpha value is -2.54. The van der Waals surface area contributed by atoms with Crippen molar-refractivity contribution < 1.29 is 0 Å². The SMILES string of the molecule is C=CCc1ccccc1[N]c1cccc2ccccc12. The Bertz CT molecular complexity index is 738. The van der Waals surface area contributed by atoms with Gasteiger partial charge in [0.15, 0.2) is 0 Å². The van der Waals surface area contributed by atoms with Gasteiger partial charge in [0.1, 0.15) is 0 Å². The van der Waals surface area contributed by atoms with Crippen molar-refractivity contribution in [3.8, 4) is 0 Å². The molecule has 1 heteroatoms. The highest BCUT2D eigenvalue weighted by Crippen LogP contribution is 2.28. The third-order valence-electron chi connectivity index (χ3n) is 3.36. The summed E-state index contributed by atoms with van der Waals surface area (Å²) in [6.07, 6.45) is 2.75. The molecular weight excluding hydrogens is 242 g/mol. The molecule has 0 saturated heterocycles. The average molecular weight is 258 g/mol. The molecule has 0 unspecified atom stereocenters. The van der Waals surface area contributed by atoms with E-state index in [2.05, 4.69) is 61.2 Å². The Morgan fingerprint density at radius 3 is 2.40 bits per heavy atom. The van der Waals surface area contributed by atoms with Crippen molar-refractivity contribution in [1.82, 2.24) is 5.32 Å². The average Bonchev–Trinajstić information content (AvgIpc) is 2.50. The number of hydrogen-bond acceptors (Lipinski definition) is 0. The van der Waals surface area contributed by atoms with Gasteiger partial charge in [0.2, 0.25) is 0 Å². The first-order valence-corrected chi connectivity index (χ1v) is 6.77. The summed E-state index contributed by atoms with van der Waals surface area (Å²) in [4.78, 5) is 0. The summed E-state index contributed by atoms with van der Waals surface area (Å²) in [6.45, 7) is 3.81. The van der Waals surface area contributed by atoms with Crippen molar-refractivity contribution >= 4 is 22.1 Å². The Morgan fingerprint density at radius 1 is 0.800 bits per heavy atom. The van der Waals surface area contributed by atoms with Crippen LogP contribution in [0.5, 0.6) is 0 Å². The largest absolute Gasteiger partial charge is 0.248 e. The van der Waals surface area contributed by atoms with Gasteiger partial charge in [-0.25, -0.2) is 5.32 Å². The van der Waals surface area contributed by atoms with Gasteiger partial charge in [0, 0.05) is 5.39 Å². The lowest BCUT2D eigenvalue weighted by molar-refractivity contribution is 1.14.